The minimum absolute atomic E-state index is 0.0711. The fourth-order valence-corrected chi connectivity index (χ4v) is 3.92. The molecule has 1 heterocycles. The minimum atomic E-state index is -3.55. The van der Waals surface area contributed by atoms with Gasteiger partial charge in [-0.1, -0.05) is 30.9 Å². The fraction of sp³-hybridized carbons (Fsp3) is 0.250. The number of nitrogens with zero attached hydrogens (tertiary/aromatic N) is 1. The van der Waals surface area contributed by atoms with Crippen LogP contribution in [0.3, 0.4) is 0 Å². The van der Waals surface area contributed by atoms with Gasteiger partial charge in [-0.05, 0) is 31.2 Å². The molecule has 0 aliphatic carbocycles. The highest BCUT2D eigenvalue weighted by molar-refractivity contribution is 7.92. The maximum absolute atomic E-state index is 12.7. The second kappa shape index (κ2) is 8.35. The van der Waals surface area contributed by atoms with Gasteiger partial charge in [-0.25, -0.2) is 8.42 Å². The summed E-state index contributed by atoms with van der Waals surface area (Å²) < 4.78 is 37.5. The number of fused-ring (bicyclic) bond motifs is 1. The van der Waals surface area contributed by atoms with E-state index in [1.54, 1.807) is 61.5 Å². The number of anilines is 2. The Morgan fingerprint density at radius 3 is 2.86 bits per heavy atom. The maximum atomic E-state index is 12.7. The summed E-state index contributed by atoms with van der Waals surface area (Å²) in [6, 6.07) is 13.7. The Morgan fingerprint density at radius 2 is 2.11 bits per heavy atom. The molecule has 1 atom stereocenters. The van der Waals surface area contributed by atoms with E-state index in [1.165, 1.54) is 4.31 Å². The number of para-hydroxylation sites is 2. The van der Waals surface area contributed by atoms with Crippen molar-refractivity contribution in [2.24, 2.45) is 0 Å². The number of sulfonamides is 1. The molecule has 0 spiro atoms. The highest BCUT2D eigenvalue weighted by atomic mass is 32.2. The molecule has 0 aromatic heterocycles. The second-order valence-electron chi connectivity index (χ2n) is 6.12. The third kappa shape index (κ3) is 4.28. The third-order valence-electron chi connectivity index (χ3n) is 4.20. The molecule has 0 radical (unpaired) electrons. The van der Waals surface area contributed by atoms with Gasteiger partial charge in [0, 0.05) is 11.8 Å². The summed E-state index contributed by atoms with van der Waals surface area (Å²) >= 11 is 0. The average molecular weight is 402 g/mol. The number of carbonyl (C=O) groups excluding carboxylic acids is 1. The van der Waals surface area contributed by atoms with E-state index >= 15 is 0 Å². The van der Waals surface area contributed by atoms with Gasteiger partial charge < -0.3 is 14.8 Å². The van der Waals surface area contributed by atoms with Crippen molar-refractivity contribution in [3.63, 3.8) is 0 Å². The van der Waals surface area contributed by atoms with Gasteiger partial charge in [0.1, 0.15) is 18.1 Å². The molecule has 0 bridgehead atoms. The van der Waals surface area contributed by atoms with Crippen molar-refractivity contribution in [3.8, 4) is 11.5 Å². The van der Waals surface area contributed by atoms with Crippen molar-refractivity contribution >= 4 is 27.3 Å². The summed E-state index contributed by atoms with van der Waals surface area (Å²) in [4.78, 5) is 12.7. The Hall–Kier alpha value is -3.00. The van der Waals surface area contributed by atoms with Crippen molar-refractivity contribution < 1.29 is 22.7 Å². The molecule has 3 rings (SSSR count). The van der Waals surface area contributed by atoms with Crippen molar-refractivity contribution in [1.29, 1.82) is 0 Å². The molecule has 148 valence electrons. The van der Waals surface area contributed by atoms with Crippen molar-refractivity contribution in [2.75, 3.05) is 28.5 Å². The SMILES string of the molecule is C=CCOc1cccc(NC(=O)[C@H]2CN(S(=O)(=O)CC)c3ccccc3O2)c1. The van der Waals surface area contributed by atoms with Crippen LogP contribution in [0.25, 0.3) is 0 Å². The minimum Gasteiger partial charge on any atom is -0.489 e. The summed E-state index contributed by atoms with van der Waals surface area (Å²) in [5.41, 5.74) is 0.965. The van der Waals surface area contributed by atoms with Gasteiger partial charge in [0.2, 0.25) is 10.0 Å². The molecule has 0 unspecified atom stereocenters. The molecule has 2 aromatic rings. The van der Waals surface area contributed by atoms with Crippen LogP contribution in [-0.4, -0.2) is 39.3 Å². The number of hydrogen-bond donors (Lipinski definition) is 1. The molecule has 0 fully saturated rings. The number of rotatable bonds is 7. The number of ether oxygens (including phenoxy) is 2. The number of carbonyl (C=O) groups is 1. The zero-order chi connectivity index (χ0) is 20.1. The lowest BCUT2D eigenvalue weighted by Gasteiger charge is -2.34. The number of amides is 1. The van der Waals surface area contributed by atoms with Crippen LogP contribution >= 0.6 is 0 Å². The Bertz CT molecular complexity index is 974. The summed E-state index contributed by atoms with van der Waals surface area (Å²) in [7, 11) is -3.55. The second-order valence-corrected chi connectivity index (χ2v) is 8.30. The molecule has 7 nitrogen and oxygen atoms in total. The molecular weight excluding hydrogens is 380 g/mol. The Morgan fingerprint density at radius 1 is 1.32 bits per heavy atom. The van der Waals surface area contributed by atoms with Crippen LogP contribution in [0.4, 0.5) is 11.4 Å². The van der Waals surface area contributed by atoms with E-state index in [1.807, 2.05) is 0 Å². The molecule has 0 saturated heterocycles. The molecule has 0 saturated carbocycles. The van der Waals surface area contributed by atoms with E-state index in [2.05, 4.69) is 11.9 Å². The first-order valence-electron chi connectivity index (χ1n) is 8.85. The van der Waals surface area contributed by atoms with E-state index in [-0.39, 0.29) is 12.3 Å². The van der Waals surface area contributed by atoms with Crippen LogP contribution in [-0.2, 0) is 14.8 Å². The number of hydrogen-bond acceptors (Lipinski definition) is 5. The highest BCUT2D eigenvalue weighted by Gasteiger charge is 2.35. The van der Waals surface area contributed by atoms with Crippen LogP contribution in [0.15, 0.2) is 61.2 Å². The van der Waals surface area contributed by atoms with E-state index in [9.17, 15) is 13.2 Å². The molecule has 1 aliphatic heterocycles. The Labute approximate surface area is 164 Å². The lowest BCUT2D eigenvalue weighted by molar-refractivity contribution is -0.122. The first-order chi connectivity index (χ1) is 13.4. The summed E-state index contributed by atoms with van der Waals surface area (Å²) in [6.45, 7) is 5.42. The van der Waals surface area contributed by atoms with Crippen LogP contribution in [0.1, 0.15) is 6.92 Å². The zero-order valence-corrected chi connectivity index (χ0v) is 16.3. The summed E-state index contributed by atoms with van der Waals surface area (Å²) in [6.07, 6.45) is 0.649. The largest absolute Gasteiger partial charge is 0.489 e. The molecule has 2 aromatic carbocycles. The van der Waals surface area contributed by atoms with Gasteiger partial charge in [0.15, 0.2) is 6.10 Å². The van der Waals surface area contributed by atoms with Crippen molar-refractivity contribution in [1.82, 2.24) is 0 Å². The molecule has 8 heteroatoms. The Kier molecular flexibility index (Phi) is 5.89. The van der Waals surface area contributed by atoms with Crippen molar-refractivity contribution in [2.45, 2.75) is 13.0 Å². The Balaban J connectivity index is 1.80. The van der Waals surface area contributed by atoms with Crippen LogP contribution in [0.2, 0.25) is 0 Å². The van der Waals surface area contributed by atoms with E-state index in [4.69, 9.17) is 9.47 Å². The predicted octanol–water partition coefficient (Wildman–Crippen LogP) is 2.81. The molecule has 1 N–H and O–H groups in total. The van der Waals surface area contributed by atoms with Crippen molar-refractivity contribution in [3.05, 3.63) is 61.2 Å². The van der Waals surface area contributed by atoms with Crippen LogP contribution in [0.5, 0.6) is 11.5 Å². The summed E-state index contributed by atoms with van der Waals surface area (Å²) in [5.74, 6) is 0.432. The number of nitrogens with one attached hydrogen (secondary N) is 1. The zero-order valence-electron chi connectivity index (χ0n) is 15.5. The first-order valence-corrected chi connectivity index (χ1v) is 10.5. The smallest absolute Gasteiger partial charge is 0.267 e. The monoisotopic (exact) mass is 402 g/mol. The lowest BCUT2D eigenvalue weighted by atomic mass is 10.2. The standard InChI is InChI=1S/C20H22N2O5S/c1-3-12-26-16-9-7-8-15(13-16)21-20(23)19-14-22(28(24,25)4-2)17-10-5-6-11-18(17)27-19/h3,5-11,13,19H,1,4,12,14H2,2H3,(H,21,23)/t19-/m1/s1. The van der Waals surface area contributed by atoms with Crippen LogP contribution < -0.4 is 19.1 Å². The number of benzene rings is 2. The maximum Gasteiger partial charge on any atom is 0.267 e. The summed E-state index contributed by atoms with van der Waals surface area (Å²) in [5, 5.41) is 2.76. The van der Waals surface area contributed by atoms with E-state index in [0.717, 1.165) is 0 Å². The quantitative estimate of drug-likeness (QED) is 0.720. The van der Waals surface area contributed by atoms with Gasteiger partial charge >= 0.3 is 0 Å². The van der Waals surface area contributed by atoms with Gasteiger partial charge in [-0.3, -0.25) is 9.10 Å². The van der Waals surface area contributed by atoms with Gasteiger partial charge in [0.25, 0.3) is 5.91 Å². The van der Waals surface area contributed by atoms with E-state index in [0.29, 0.717) is 29.5 Å². The molecule has 28 heavy (non-hydrogen) atoms. The average Bonchev–Trinajstić information content (AvgIpc) is 2.71. The molecular formula is C20H22N2O5S. The van der Waals surface area contributed by atoms with E-state index < -0.39 is 22.0 Å². The van der Waals surface area contributed by atoms with Gasteiger partial charge in [0.05, 0.1) is 18.0 Å². The van der Waals surface area contributed by atoms with Crippen LogP contribution in [0, 0.1) is 0 Å². The topological polar surface area (TPSA) is 84.9 Å². The molecule has 1 amide bonds. The normalized spacial score (nSPS) is 15.9. The highest BCUT2D eigenvalue weighted by Crippen LogP contribution is 2.35. The lowest BCUT2D eigenvalue weighted by Crippen LogP contribution is -2.49. The van der Waals surface area contributed by atoms with Gasteiger partial charge in [-0.2, -0.15) is 0 Å². The molecule has 1 aliphatic rings. The third-order valence-corrected chi connectivity index (χ3v) is 5.94. The van der Waals surface area contributed by atoms with Gasteiger partial charge in [-0.15, -0.1) is 0 Å². The first kappa shape index (κ1) is 19.8. The fourth-order valence-electron chi connectivity index (χ4n) is 2.80. The predicted molar refractivity (Wildman–Crippen MR) is 108 cm³/mol.